The summed E-state index contributed by atoms with van der Waals surface area (Å²) in [6.45, 7) is 0. The van der Waals surface area contributed by atoms with E-state index >= 15 is 0 Å². The number of thioether (sulfide) groups is 1. The van der Waals surface area contributed by atoms with Crippen LogP contribution < -0.4 is 5.32 Å². The first kappa shape index (κ1) is 20.9. The third-order valence-electron chi connectivity index (χ3n) is 4.17. The number of methoxy groups -OCH3 is 1. The summed E-state index contributed by atoms with van der Waals surface area (Å²) in [6, 6.07) is 13.3. The van der Waals surface area contributed by atoms with Crippen LogP contribution in [0.4, 0.5) is 11.4 Å². The van der Waals surface area contributed by atoms with Crippen LogP contribution in [0.15, 0.2) is 53.5 Å². The lowest BCUT2D eigenvalue weighted by atomic mass is 10.2. The predicted octanol–water partition coefficient (Wildman–Crippen LogP) is 3.72. The van der Waals surface area contributed by atoms with Crippen molar-refractivity contribution in [2.45, 2.75) is 11.7 Å². The molecule has 0 aromatic heterocycles. The Labute approximate surface area is 177 Å². The van der Waals surface area contributed by atoms with Crippen LogP contribution in [0.25, 0.3) is 0 Å². The number of nitrogens with one attached hydrogen (secondary N) is 1. The maximum atomic E-state index is 12.6. The summed E-state index contributed by atoms with van der Waals surface area (Å²) in [4.78, 5) is 42.4. The van der Waals surface area contributed by atoms with Crippen LogP contribution in [0, 0.1) is 0 Å². The van der Waals surface area contributed by atoms with Gasteiger partial charge in [-0.05, 0) is 42.5 Å². The second-order valence-electron chi connectivity index (χ2n) is 6.20. The highest BCUT2D eigenvalue weighted by Gasteiger charge is 2.34. The van der Waals surface area contributed by atoms with Gasteiger partial charge < -0.3 is 10.1 Å². The summed E-state index contributed by atoms with van der Waals surface area (Å²) < 4.78 is 4.67. The number of nitrogens with zero attached hydrogens (tertiary/aromatic N) is 2. The normalized spacial score (nSPS) is 17.9. The lowest BCUT2D eigenvalue weighted by molar-refractivity contribution is -0.128. The molecule has 1 atom stereocenters. The Hall–Kier alpha value is -2.84. The van der Waals surface area contributed by atoms with Crippen LogP contribution in [-0.4, -0.2) is 47.3 Å². The van der Waals surface area contributed by atoms with Crippen molar-refractivity contribution in [2.75, 3.05) is 19.5 Å². The van der Waals surface area contributed by atoms with Gasteiger partial charge in [0.2, 0.25) is 11.8 Å². The molecule has 1 heterocycles. The van der Waals surface area contributed by atoms with E-state index in [1.807, 2.05) is 0 Å². The van der Waals surface area contributed by atoms with E-state index in [-0.39, 0.29) is 18.2 Å². The quantitative estimate of drug-likeness (QED) is 0.745. The van der Waals surface area contributed by atoms with Crippen molar-refractivity contribution in [3.8, 4) is 0 Å². The van der Waals surface area contributed by atoms with Crippen molar-refractivity contribution in [3.63, 3.8) is 0 Å². The Morgan fingerprint density at radius 1 is 1.24 bits per heavy atom. The third kappa shape index (κ3) is 5.16. The Balaban J connectivity index is 1.76. The molecule has 0 bridgehead atoms. The summed E-state index contributed by atoms with van der Waals surface area (Å²) in [5.41, 5.74) is 1.51. The molecule has 0 aliphatic carbocycles. The van der Waals surface area contributed by atoms with E-state index in [2.05, 4.69) is 15.0 Å². The smallest absolute Gasteiger partial charge is 0.337 e. The van der Waals surface area contributed by atoms with Crippen LogP contribution in [0.1, 0.15) is 16.8 Å². The van der Waals surface area contributed by atoms with Gasteiger partial charge in [-0.15, -0.1) is 0 Å². The average Bonchev–Trinajstić information content (AvgIpc) is 2.71. The van der Waals surface area contributed by atoms with Gasteiger partial charge in [-0.1, -0.05) is 29.4 Å². The Bertz CT molecular complexity index is 978. The second-order valence-corrected chi connectivity index (χ2v) is 7.80. The highest BCUT2D eigenvalue weighted by molar-refractivity contribution is 8.15. The number of ether oxygens (including phenoxy) is 1. The van der Waals surface area contributed by atoms with Crippen molar-refractivity contribution in [2.24, 2.45) is 4.99 Å². The molecule has 0 spiro atoms. The van der Waals surface area contributed by atoms with Gasteiger partial charge in [0.25, 0.3) is 0 Å². The van der Waals surface area contributed by atoms with E-state index in [1.165, 1.54) is 23.8 Å². The SMILES string of the molecule is COC(=O)c1ccc(N=C2S[C@@H](C(=O)Nc3cccc(Cl)c3)CC(=O)N2C)cc1. The van der Waals surface area contributed by atoms with E-state index in [0.717, 1.165) is 0 Å². The number of amidine groups is 1. The zero-order valence-corrected chi connectivity index (χ0v) is 17.3. The maximum absolute atomic E-state index is 12.6. The molecule has 1 fully saturated rings. The van der Waals surface area contributed by atoms with Crippen LogP contribution in [0.5, 0.6) is 0 Å². The number of hydrogen-bond donors (Lipinski definition) is 1. The molecule has 0 unspecified atom stereocenters. The number of carbonyl (C=O) groups excluding carboxylic acids is 3. The minimum absolute atomic E-state index is 0.0634. The van der Waals surface area contributed by atoms with Gasteiger partial charge >= 0.3 is 5.97 Å². The molecular weight excluding hydrogens is 414 g/mol. The summed E-state index contributed by atoms with van der Waals surface area (Å²) in [5.74, 6) is -0.950. The first-order chi connectivity index (χ1) is 13.9. The van der Waals surface area contributed by atoms with Gasteiger partial charge in [0.15, 0.2) is 5.17 Å². The molecule has 29 heavy (non-hydrogen) atoms. The number of esters is 1. The highest BCUT2D eigenvalue weighted by atomic mass is 35.5. The molecular formula is C20H18ClN3O4S. The van der Waals surface area contributed by atoms with Gasteiger partial charge in [-0.2, -0.15) is 0 Å². The standard InChI is InChI=1S/C20H18ClN3O4S/c1-24-17(25)11-16(18(26)22-15-5-3-4-13(21)10-15)29-20(24)23-14-8-6-12(7-9-14)19(27)28-2/h3-10,16H,11H2,1-2H3,(H,22,26)/t16-/m1/s1. The van der Waals surface area contributed by atoms with Crippen molar-refractivity contribution < 1.29 is 19.1 Å². The molecule has 9 heteroatoms. The van der Waals surface area contributed by atoms with Crippen molar-refractivity contribution in [1.82, 2.24) is 4.90 Å². The van der Waals surface area contributed by atoms with E-state index in [0.29, 0.717) is 27.1 Å². The Morgan fingerprint density at radius 2 is 1.97 bits per heavy atom. The first-order valence-corrected chi connectivity index (χ1v) is 9.90. The topological polar surface area (TPSA) is 88.1 Å². The molecule has 3 rings (SSSR count). The van der Waals surface area contributed by atoms with Gasteiger partial charge in [0, 0.05) is 24.2 Å². The number of rotatable bonds is 4. The average molecular weight is 432 g/mol. The third-order valence-corrected chi connectivity index (χ3v) is 5.64. The molecule has 150 valence electrons. The number of halogens is 1. The zero-order chi connectivity index (χ0) is 21.0. The summed E-state index contributed by atoms with van der Waals surface area (Å²) in [6.07, 6.45) is 0.0634. The fourth-order valence-electron chi connectivity index (χ4n) is 2.59. The molecule has 1 saturated heterocycles. The van der Waals surface area contributed by atoms with Crippen molar-refractivity contribution in [1.29, 1.82) is 0 Å². The van der Waals surface area contributed by atoms with Crippen LogP contribution in [0.2, 0.25) is 5.02 Å². The molecule has 1 aliphatic rings. The molecule has 2 aromatic carbocycles. The lowest BCUT2D eigenvalue weighted by Gasteiger charge is -2.28. The number of benzene rings is 2. The van der Waals surface area contributed by atoms with E-state index < -0.39 is 11.2 Å². The number of hydrogen-bond acceptors (Lipinski definition) is 6. The highest BCUT2D eigenvalue weighted by Crippen LogP contribution is 2.29. The molecule has 7 nitrogen and oxygen atoms in total. The molecule has 2 amide bonds. The van der Waals surface area contributed by atoms with Crippen molar-refractivity contribution >= 4 is 57.7 Å². The molecule has 0 saturated carbocycles. The minimum Gasteiger partial charge on any atom is -0.465 e. The second kappa shape index (κ2) is 9.11. The van der Waals surface area contributed by atoms with Crippen LogP contribution in [0.3, 0.4) is 0 Å². The van der Waals surface area contributed by atoms with Gasteiger partial charge in [0.05, 0.1) is 18.4 Å². The molecule has 2 aromatic rings. The lowest BCUT2D eigenvalue weighted by Crippen LogP contribution is -2.43. The Kier molecular flexibility index (Phi) is 6.56. The van der Waals surface area contributed by atoms with Crippen molar-refractivity contribution in [3.05, 3.63) is 59.1 Å². The van der Waals surface area contributed by atoms with Gasteiger partial charge in [-0.25, -0.2) is 9.79 Å². The largest absolute Gasteiger partial charge is 0.465 e. The fourth-order valence-corrected chi connectivity index (χ4v) is 3.84. The van der Waals surface area contributed by atoms with E-state index in [1.54, 1.807) is 55.6 Å². The molecule has 1 N–H and O–H groups in total. The zero-order valence-electron chi connectivity index (χ0n) is 15.7. The number of aliphatic imine (C=N–C) groups is 1. The van der Waals surface area contributed by atoms with E-state index in [9.17, 15) is 14.4 Å². The summed E-state index contributed by atoms with van der Waals surface area (Å²) >= 11 is 7.15. The van der Waals surface area contributed by atoms with Gasteiger partial charge in [-0.3, -0.25) is 14.5 Å². The molecule has 1 aliphatic heterocycles. The molecule has 0 radical (unpaired) electrons. The van der Waals surface area contributed by atoms with Crippen LogP contribution >= 0.6 is 23.4 Å². The number of amides is 2. The fraction of sp³-hybridized carbons (Fsp3) is 0.200. The van der Waals surface area contributed by atoms with Crippen LogP contribution in [-0.2, 0) is 14.3 Å². The maximum Gasteiger partial charge on any atom is 0.337 e. The first-order valence-electron chi connectivity index (χ1n) is 8.64. The Morgan fingerprint density at radius 3 is 2.62 bits per heavy atom. The number of carbonyl (C=O) groups is 3. The minimum atomic E-state index is -0.620. The summed E-state index contributed by atoms with van der Waals surface area (Å²) in [5, 5.41) is 3.07. The van der Waals surface area contributed by atoms with E-state index in [4.69, 9.17) is 11.6 Å². The monoisotopic (exact) mass is 431 g/mol. The summed E-state index contributed by atoms with van der Waals surface area (Å²) in [7, 11) is 2.92. The predicted molar refractivity (Wildman–Crippen MR) is 114 cm³/mol. The van der Waals surface area contributed by atoms with Gasteiger partial charge in [0.1, 0.15) is 5.25 Å². The number of anilines is 1.